The van der Waals surface area contributed by atoms with Crippen LogP contribution in [-0.4, -0.2) is 30.6 Å². The maximum atomic E-state index is 14.0. The van der Waals surface area contributed by atoms with E-state index < -0.39 is 17.7 Å². The van der Waals surface area contributed by atoms with Crippen LogP contribution in [0.1, 0.15) is 22.3 Å². The number of anilines is 1. The lowest BCUT2D eigenvalue weighted by Crippen LogP contribution is -2.32. The van der Waals surface area contributed by atoms with Crippen molar-refractivity contribution >= 4 is 38.0 Å². The Morgan fingerprint density at radius 3 is 2.62 bits per heavy atom. The van der Waals surface area contributed by atoms with Gasteiger partial charge in [0.2, 0.25) is 0 Å². The van der Waals surface area contributed by atoms with Crippen LogP contribution in [0.15, 0.2) is 48.0 Å². The van der Waals surface area contributed by atoms with Gasteiger partial charge in [-0.3, -0.25) is 4.79 Å². The van der Waals surface area contributed by atoms with Gasteiger partial charge in [-0.05, 0) is 46.6 Å². The number of nitrogens with zero attached hydrogens (tertiary/aromatic N) is 1. The predicted octanol–water partition coefficient (Wildman–Crippen LogP) is 4.08. The molecule has 1 aliphatic rings. The Kier molecular flexibility index (Phi) is 5.08. The topological polar surface area (TPSA) is 66.8 Å². The highest BCUT2D eigenvalue weighted by molar-refractivity contribution is 9.15. The average molecular weight is 420 g/mol. The quantitative estimate of drug-likeness (QED) is 0.813. The van der Waals surface area contributed by atoms with E-state index in [1.165, 1.54) is 24.1 Å². The van der Waals surface area contributed by atoms with Gasteiger partial charge in [0.25, 0.3) is 5.91 Å². The number of methoxy groups -OCH3 is 1. The number of fused-ring (bicyclic) bond motifs is 1. The number of aliphatic carboxylic acids is 1. The summed E-state index contributed by atoms with van der Waals surface area (Å²) < 4.78 is 19.3. The molecule has 0 aromatic heterocycles. The fraction of sp³-hybridized carbons (Fsp3) is 0.158. The Morgan fingerprint density at radius 2 is 1.96 bits per heavy atom. The Labute approximate surface area is 157 Å². The van der Waals surface area contributed by atoms with E-state index in [0.29, 0.717) is 15.7 Å². The molecule has 1 amide bonds. The Morgan fingerprint density at radius 1 is 1.23 bits per heavy atom. The van der Waals surface area contributed by atoms with Crippen LogP contribution in [0.3, 0.4) is 0 Å². The Bertz CT molecular complexity index is 926. The highest BCUT2D eigenvalue weighted by Crippen LogP contribution is 2.38. The summed E-state index contributed by atoms with van der Waals surface area (Å²) in [6.07, 6.45) is 0.162. The molecule has 3 rings (SSSR count). The van der Waals surface area contributed by atoms with Gasteiger partial charge in [0.05, 0.1) is 18.4 Å². The van der Waals surface area contributed by atoms with Gasteiger partial charge >= 0.3 is 5.97 Å². The van der Waals surface area contributed by atoms with E-state index in [9.17, 15) is 19.1 Å². The molecule has 0 unspecified atom stereocenters. The van der Waals surface area contributed by atoms with Crippen molar-refractivity contribution in [3.63, 3.8) is 0 Å². The summed E-state index contributed by atoms with van der Waals surface area (Å²) >= 11 is 3.35. The molecule has 0 atom stereocenters. The summed E-state index contributed by atoms with van der Waals surface area (Å²) in [6.45, 7) is 0.167. The predicted molar refractivity (Wildman–Crippen MR) is 99.2 cm³/mol. The molecule has 0 fully saturated rings. The average Bonchev–Trinajstić information content (AvgIpc) is 2.78. The highest BCUT2D eigenvalue weighted by atomic mass is 79.9. The molecule has 1 N–H and O–H groups in total. The lowest BCUT2D eigenvalue weighted by Gasteiger charge is -2.23. The van der Waals surface area contributed by atoms with E-state index in [1.54, 1.807) is 24.3 Å². The molecule has 0 radical (unpaired) electrons. The number of hydrogen-bond acceptors (Lipinski definition) is 3. The van der Waals surface area contributed by atoms with E-state index in [1.807, 2.05) is 0 Å². The monoisotopic (exact) mass is 419 g/mol. The molecule has 2 aromatic rings. The molecule has 0 saturated carbocycles. The third-order valence-electron chi connectivity index (χ3n) is 4.18. The van der Waals surface area contributed by atoms with Crippen LogP contribution in [-0.2, 0) is 4.79 Å². The highest BCUT2D eigenvalue weighted by Gasteiger charge is 2.28. The van der Waals surface area contributed by atoms with Gasteiger partial charge in [-0.15, -0.1) is 0 Å². The largest absolute Gasteiger partial charge is 0.494 e. The van der Waals surface area contributed by atoms with Gasteiger partial charge in [-0.25, -0.2) is 9.18 Å². The number of benzene rings is 2. The summed E-state index contributed by atoms with van der Waals surface area (Å²) in [7, 11) is 1.35. The lowest BCUT2D eigenvalue weighted by atomic mass is 10.1. The van der Waals surface area contributed by atoms with Gasteiger partial charge in [0.1, 0.15) is 0 Å². The number of rotatable bonds is 3. The van der Waals surface area contributed by atoms with Crippen molar-refractivity contribution in [2.24, 2.45) is 0 Å². The van der Waals surface area contributed by atoms with Crippen LogP contribution in [0.4, 0.5) is 10.1 Å². The fourth-order valence-corrected chi connectivity index (χ4v) is 3.58. The maximum Gasteiger partial charge on any atom is 0.332 e. The molecule has 7 heteroatoms. The zero-order chi connectivity index (χ0) is 18.8. The molecule has 0 spiro atoms. The minimum atomic E-state index is -1.04. The molecule has 1 heterocycles. The van der Waals surface area contributed by atoms with E-state index in [0.717, 1.165) is 6.07 Å². The summed E-state index contributed by atoms with van der Waals surface area (Å²) in [5, 5.41) is 9.44. The first-order valence-electron chi connectivity index (χ1n) is 7.80. The van der Waals surface area contributed by atoms with Crippen LogP contribution in [0.25, 0.3) is 4.48 Å². The minimum absolute atomic E-state index is 0.0513. The summed E-state index contributed by atoms with van der Waals surface area (Å²) in [6, 6.07) is 11.0. The fourth-order valence-electron chi connectivity index (χ4n) is 2.88. The van der Waals surface area contributed by atoms with E-state index >= 15 is 0 Å². The zero-order valence-corrected chi connectivity index (χ0v) is 15.4. The molecular weight excluding hydrogens is 405 g/mol. The van der Waals surface area contributed by atoms with Gasteiger partial charge in [-0.1, -0.05) is 18.2 Å². The number of para-hydroxylation sites is 1. The van der Waals surface area contributed by atoms with Crippen molar-refractivity contribution in [3.05, 3.63) is 65.0 Å². The van der Waals surface area contributed by atoms with Crippen molar-refractivity contribution in [2.45, 2.75) is 6.42 Å². The lowest BCUT2D eigenvalue weighted by molar-refractivity contribution is -0.132. The van der Waals surface area contributed by atoms with Crippen LogP contribution in [0, 0.1) is 5.82 Å². The standard InChI is InChI=1S/C19H15BrFNO4/c1-26-16-7-6-11(10-14(16)21)18(23)22-9-8-13(19(24)25)17(20)12-4-2-3-5-15(12)22/h2-7,10H,8-9H2,1H3,(H,24,25). The molecule has 5 nitrogen and oxygen atoms in total. The molecule has 134 valence electrons. The molecule has 0 bridgehead atoms. The number of carbonyl (C=O) groups is 2. The molecular formula is C19H15BrFNO4. The van der Waals surface area contributed by atoms with Crippen LogP contribution in [0.5, 0.6) is 5.75 Å². The van der Waals surface area contributed by atoms with E-state index in [2.05, 4.69) is 15.9 Å². The number of halogens is 2. The summed E-state index contributed by atoms with van der Waals surface area (Å²) in [4.78, 5) is 26.0. The summed E-state index contributed by atoms with van der Waals surface area (Å²) in [5.41, 5.74) is 1.52. The van der Waals surface area contributed by atoms with E-state index in [-0.39, 0.29) is 29.9 Å². The molecule has 26 heavy (non-hydrogen) atoms. The first-order valence-corrected chi connectivity index (χ1v) is 8.60. The van der Waals surface area contributed by atoms with Crippen molar-refractivity contribution in [1.29, 1.82) is 0 Å². The van der Waals surface area contributed by atoms with Crippen molar-refractivity contribution < 1.29 is 23.8 Å². The Balaban J connectivity index is 2.05. The minimum Gasteiger partial charge on any atom is -0.494 e. The van der Waals surface area contributed by atoms with Gasteiger partial charge in [0, 0.05) is 22.2 Å². The number of amides is 1. The number of hydrogen-bond donors (Lipinski definition) is 1. The number of carboxylic acid groups (broad SMARTS) is 1. The smallest absolute Gasteiger partial charge is 0.332 e. The van der Waals surface area contributed by atoms with Gasteiger partial charge in [0.15, 0.2) is 11.6 Å². The normalized spacial score (nSPS) is 13.9. The first kappa shape index (κ1) is 18.1. The number of carbonyl (C=O) groups excluding carboxylic acids is 1. The number of ether oxygens (including phenoxy) is 1. The van der Waals surface area contributed by atoms with Gasteiger partial charge in [-0.2, -0.15) is 0 Å². The third kappa shape index (κ3) is 3.22. The van der Waals surface area contributed by atoms with Gasteiger partial charge < -0.3 is 14.7 Å². The van der Waals surface area contributed by atoms with Crippen molar-refractivity contribution in [3.8, 4) is 5.75 Å². The third-order valence-corrected chi connectivity index (χ3v) is 5.09. The summed E-state index contributed by atoms with van der Waals surface area (Å²) in [5.74, 6) is -2.04. The SMILES string of the molecule is COc1ccc(C(=O)N2CCC(C(=O)O)=C(Br)c3ccccc32)cc1F. The second kappa shape index (κ2) is 7.29. The number of carboxylic acids is 1. The molecule has 0 aliphatic carbocycles. The zero-order valence-electron chi connectivity index (χ0n) is 13.8. The van der Waals surface area contributed by atoms with E-state index in [4.69, 9.17) is 4.74 Å². The molecule has 2 aromatic carbocycles. The van der Waals surface area contributed by atoms with Crippen molar-refractivity contribution in [1.82, 2.24) is 0 Å². The maximum absolute atomic E-state index is 14.0. The van der Waals surface area contributed by atoms with Crippen LogP contribution < -0.4 is 9.64 Å². The second-order valence-corrected chi connectivity index (χ2v) is 6.46. The van der Waals surface area contributed by atoms with Crippen LogP contribution >= 0.6 is 15.9 Å². The molecule has 1 aliphatic heterocycles. The molecule has 0 saturated heterocycles. The Hall–Kier alpha value is -2.67. The first-order chi connectivity index (χ1) is 12.4. The van der Waals surface area contributed by atoms with Crippen molar-refractivity contribution in [2.75, 3.05) is 18.6 Å². The second-order valence-electron chi connectivity index (χ2n) is 5.67. The van der Waals surface area contributed by atoms with Crippen LogP contribution in [0.2, 0.25) is 0 Å².